The van der Waals surface area contributed by atoms with Crippen molar-refractivity contribution in [3.8, 4) is 5.75 Å². The average molecular weight is 615 g/mol. The largest absolute Gasteiger partial charge is 0.497 e. The van der Waals surface area contributed by atoms with E-state index in [1.807, 2.05) is 122 Å². The van der Waals surface area contributed by atoms with Crippen molar-refractivity contribution in [1.29, 1.82) is 0 Å². The van der Waals surface area contributed by atoms with Crippen molar-refractivity contribution in [2.24, 2.45) is 0 Å². The Hall–Kier alpha value is -3.21. The molecule has 230 valence electrons. The molecule has 4 aromatic carbocycles. The van der Waals surface area contributed by atoms with Crippen molar-refractivity contribution < 1.29 is 33.2 Å². The number of hydrogen-bond donors (Lipinski definition) is 0. The zero-order chi connectivity index (χ0) is 30.2. The van der Waals surface area contributed by atoms with E-state index in [-0.39, 0.29) is 0 Å². The Morgan fingerprint density at radius 1 is 0.659 bits per heavy atom. The zero-order valence-electron chi connectivity index (χ0n) is 25.0. The van der Waals surface area contributed by atoms with Gasteiger partial charge >= 0.3 is 0 Å². The summed E-state index contributed by atoms with van der Waals surface area (Å²) < 4.78 is 44.5. The number of rotatable bonds is 13. The molecule has 44 heavy (non-hydrogen) atoms. The molecule has 0 bridgehead atoms. The summed E-state index contributed by atoms with van der Waals surface area (Å²) in [5.41, 5.74) is 3.20. The van der Waals surface area contributed by atoms with Gasteiger partial charge in [0.05, 0.1) is 33.5 Å². The van der Waals surface area contributed by atoms with Crippen LogP contribution < -0.4 is 4.74 Å². The molecule has 1 unspecified atom stereocenters. The smallest absolute Gasteiger partial charge is 0.222 e. The predicted molar refractivity (Wildman–Crippen MR) is 168 cm³/mol. The molecule has 7 nitrogen and oxygen atoms in total. The highest BCUT2D eigenvalue weighted by atomic mass is 32.2. The fourth-order valence-corrected chi connectivity index (χ4v) is 6.42. The minimum atomic E-state index is -1.01. The Kier molecular flexibility index (Phi) is 10.3. The predicted octanol–water partition coefficient (Wildman–Crippen LogP) is 6.99. The third-order valence-electron chi connectivity index (χ3n) is 7.60. The molecule has 0 N–H and O–H groups in total. The molecule has 6 rings (SSSR count). The number of ether oxygens (including phenoxy) is 7. The second kappa shape index (κ2) is 14.7. The molecule has 2 heterocycles. The monoisotopic (exact) mass is 614 g/mol. The van der Waals surface area contributed by atoms with Gasteiger partial charge < -0.3 is 33.2 Å². The van der Waals surface area contributed by atoms with Crippen LogP contribution in [-0.2, 0) is 48.2 Å². The molecule has 0 aromatic heterocycles. The minimum Gasteiger partial charge on any atom is -0.497 e. The number of hydrogen-bond acceptors (Lipinski definition) is 8. The number of benzene rings is 4. The van der Waals surface area contributed by atoms with Crippen molar-refractivity contribution in [2.45, 2.75) is 67.5 Å². The van der Waals surface area contributed by atoms with E-state index in [0.717, 1.165) is 27.3 Å². The van der Waals surface area contributed by atoms with Gasteiger partial charge in [-0.1, -0.05) is 103 Å². The molecular formula is C36H38O7S. The van der Waals surface area contributed by atoms with E-state index in [9.17, 15) is 0 Å². The molecule has 2 aliphatic heterocycles. The molecule has 6 atom stereocenters. The quantitative estimate of drug-likeness (QED) is 0.160. The van der Waals surface area contributed by atoms with Crippen LogP contribution in [0, 0.1) is 0 Å². The van der Waals surface area contributed by atoms with E-state index in [1.54, 1.807) is 7.11 Å². The summed E-state index contributed by atoms with van der Waals surface area (Å²) in [6, 6.07) is 38.1. The SMILES string of the molecule is COc1ccc(SC2(C)O[C@@H]3O[C@H](COCc4ccccc4)[C@@H](OCc4ccccc4)[C@H](OCc4ccccc4)[C@@H]3O2)cc1. The molecule has 0 saturated carbocycles. The topological polar surface area (TPSA) is 64.6 Å². The summed E-state index contributed by atoms with van der Waals surface area (Å²) in [6.45, 7) is 3.46. The van der Waals surface area contributed by atoms with E-state index >= 15 is 0 Å². The van der Waals surface area contributed by atoms with E-state index < -0.39 is 35.8 Å². The van der Waals surface area contributed by atoms with Gasteiger partial charge in [-0.3, -0.25) is 0 Å². The van der Waals surface area contributed by atoms with Crippen LogP contribution in [0.2, 0.25) is 0 Å². The van der Waals surface area contributed by atoms with Crippen LogP contribution in [0.3, 0.4) is 0 Å². The molecule has 2 saturated heterocycles. The molecular weight excluding hydrogens is 576 g/mol. The third kappa shape index (κ3) is 7.89. The summed E-state index contributed by atoms with van der Waals surface area (Å²) in [5, 5.41) is -1.01. The Bertz CT molecular complexity index is 1420. The van der Waals surface area contributed by atoms with Gasteiger partial charge in [-0.15, -0.1) is 0 Å². The van der Waals surface area contributed by atoms with Crippen molar-refractivity contribution in [1.82, 2.24) is 0 Å². The molecule has 8 heteroatoms. The normalized spacial score (nSPS) is 26.3. The lowest BCUT2D eigenvalue weighted by Crippen LogP contribution is -2.59. The van der Waals surface area contributed by atoms with Crippen molar-refractivity contribution >= 4 is 11.8 Å². The summed E-state index contributed by atoms with van der Waals surface area (Å²) >= 11 is 1.48. The maximum atomic E-state index is 6.66. The zero-order valence-corrected chi connectivity index (χ0v) is 25.8. The van der Waals surface area contributed by atoms with Gasteiger partial charge in [-0.25, -0.2) is 0 Å². The van der Waals surface area contributed by atoms with E-state index in [2.05, 4.69) is 0 Å². The molecule has 0 amide bonds. The van der Waals surface area contributed by atoms with Gasteiger partial charge in [0.2, 0.25) is 5.12 Å². The standard InChI is InChI=1S/C36H38O7S/c1-36(44-30-20-18-29(37-2)19-21-30)42-34-33(40-24-28-16-10-5-11-17-28)32(39-23-27-14-8-4-9-15-27)31(41-35(34)43-36)25-38-22-26-12-6-3-7-13-26/h3-21,31-35H,22-25H2,1-2H3/t31-,32-,33+,34+,35+,36?/m1/s1. The summed E-state index contributed by atoms with van der Waals surface area (Å²) in [7, 11) is 1.65. The van der Waals surface area contributed by atoms with Crippen molar-refractivity contribution in [3.05, 3.63) is 132 Å². The fraction of sp³-hybridized carbons (Fsp3) is 0.333. The average Bonchev–Trinajstić information content (AvgIpc) is 3.40. The highest BCUT2D eigenvalue weighted by Crippen LogP contribution is 2.47. The van der Waals surface area contributed by atoms with Gasteiger partial charge in [0.25, 0.3) is 0 Å². The van der Waals surface area contributed by atoms with Gasteiger partial charge in [0.15, 0.2) is 6.29 Å². The van der Waals surface area contributed by atoms with Crippen LogP contribution in [-0.4, -0.2) is 49.5 Å². The first-order valence-electron chi connectivity index (χ1n) is 14.9. The first-order chi connectivity index (χ1) is 21.6. The van der Waals surface area contributed by atoms with Crippen LogP contribution in [0.1, 0.15) is 23.6 Å². The minimum absolute atomic E-state index is 0.300. The molecule has 4 aromatic rings. The van der Waals surface area contributed by atoms with E-state index in [0.29, 0.717) is 26.4 Å². The first-order valence-corrected chi connectivity index (χ1v) is 15.7. The number of methoxy groups -OCH3 is 1. The van der Waals surface area contributed by atoms with Crippen molar-refractivity contribution in [3.63, 3.8) is 0 Å². The van der Waals surface area contributed by atoms with Crippen LogP contribution in [0.15, 0.2) is 120 Å². The van der Waals surface area contributed by atoms with Gasteiger partial charge in [-0.2, -0.15) is 0 Å². The third-order valence-corrected chi connectivity index (χ3v) is 8.67. The van der Waals surface area contributed by atoms with Crippen LogP contribution >= 0.6 is 11.8 Å². The van der Waals surface area contributed by atoms with Crippen LogP contribution in [0.25, 0.3) is 0 Å². The summed E-state index contributed by atoms with van der Waals surface area (Å²) in [6.07, 6.45) is -2.62. The second-order valence-electron chi connectivity index (χ2n) is 10.9. The summed E-state index contributed by atoms with van der Waals surface area (Å²) in [5.74, 6) is 0.788. The van der Waals surface area contributed by atoms with Gasteiger partial charge in [-0.05, 0) is 41.0 Å². The molecule has 0 radical (unpaired) electrons. The molecule has 0 aliphatic carbocycles. The van der Waals surface area contributed by atoms with E-state index in [4.69, 9.17) is 33.2 Å². The Balaban J connectivity index is 1.24. The molecule has 2 fully saturated rings. The maximum absolute atomic E-state index is 6.66. The molecule has 2 aliphatic rings. The summed E-state index contributed by atoms with van der Waals surface area (Å²) in [4.78, 5) is 0.980. The Labute approximate surface area is 263 Å². The number of fused-ring (bicyclic) bond motifs is 1. The van der Waals surface area contributed by atoms with Crippen LogP contribution in [0.4, 0.5) is 0 Å². The van der Waals surface area contributed by atoms with Gasteiger partial charge in [0, 0.05) is 11.8 Å². The lowest BCUT2D eigenvalue weighted by atomic mass is 9.98. The highest BCUT2D eigenvalue weighted by molar-refractivity contribution is 8.00. The molecule has 0 spiro atoms. The Morgan fingerprint density at radius 3 is 1.77 bits per heavy atom. The maximum Gasteiger partial charge on any atom is 0.222 e. The lowest BCUT2D eigenvalue weighted by Gasteiger charge is -2.42. The fourth-order valence-electron chi connectivity index (χ4n) is 5.42. The van der Waals surface area contributed by atoms with Crippen molar-refractivity contribution in [2.75, 3.05) is 13.7 Å². The van der Waals surface area contributed by atoms with Gasteiger partial charge in [0.1, 0.15) is 30.2 Å². The lowest BCUT2D eigenvalue weighted by molar-refractivity contribution is -0.278. The van der Waals surface area contributed by atoms with E-state index in [1.165, 1.54) is 11.8 Å². The first kappa shape index (κ1) is 30.8. The Morgan fingerprint density at radius 2 is 1.20 bits per heavy atom. The number of thioether (sulfide) groups is 1. The highest BCUT2D eigenvalue weighted by Gasteiger charge is 2.57. The van der Waals surface area contributed by atoms with Crippen LogP contribution in [0.5, 0.6) is 5.75 Å². The second-order valence-corrected chi connectivity index (χ2v) is 12.3.